The summed E-state index contributed by atoms with van der Waals surface area (Å²) in [5, 5.41) is 3.14. The van der Waals surface area contributed by atoms with Crippen molar-refractivity contribution in [1.82, 2.24) is 10.8 Å². The molecule has 0 radical (unpaired) electrons. The van der Waals surface area contributed by atoms with Crippen LogP contribution in [0.25, 0.3) is 0 Å². The molecule has 0 spiro atoms. The topological polar surface area (TPSA) is 50.4 Å². The highest BCUT2D eigenvalue weighted by Gasteiger charge is 1.99. The second kappa shape index (κ2) is 7.06. The minimum absolute atomic E-state index is 0.0787. The fourth-order valence-electron chi connectivity index (χ4n) is 0.678. The molecule has 0 bridgehead atoms. The van der Waals surface area contributed by atoms with E-state index in [-0.39, 0.29) is 5.91 Å². The van der Waals surface area contributed by atoms with E-state index in [0.29, 0.717) is 25.6 Å². The van der Waals surface area contributed by atoms with Crippen LogP contribution in [-0.2, 0) is 9.63 Å². The molecule has 1 amide bonds. The maximum Gasteiger partial charge on any atom is 0.244 e. The molecule has 0 rings (SSSR count). The van der Waals surface area contributed by atoms with Crippen LogP contribution in [0.2, 0.25) is 0 Å². The molecule has 0 fully saturated rings. The summed E-state index contributed by atoms with van der Waals surface area (Å²) in [5.41, 5.74) is 2.33. The van der Waals surface area contributed by atoms with Crippen LogP contribution in [0, 0.1) is 0 Å². The summed E-state index contributed by atoms with van der Waals surface area (Å²) in [4.78, 5) is 15.6. The molecule has 0 saturated heterocycles. The Balaban J connectivity index is 3.20. The Morgan fingerprint density at radius 3 is 2.67 bits per heavy atom. The largest absolute Gasteiger partial charge is 0.314 e. The first-order valence-electron chi connectivity index (χ1n) is 4.30. The van der Waals surface area contributed by atoms with Gasteiger partial charge in [-0.3, -0.25) is 9.63 Å². The number of hydroxylamine groups is 1. The van der Waals surface area contributed by atoms with E-state index in [1.165, 1.54) is 0 Å². The predicted molar refractivity (Wildman–Crippen MR) is 47.5 cm³/mol. The zero-order chi connectivity index (χ0) is 9.40. The molecule has 0 aromatic rings. The van der Waals surface area contributed by atoms with Gasteiger partial charge in [0.15, 0.2) is 0 Å². The lowest BCUT2D eigenvalue weighted by Gasteiger charge is -2.07. The van der Waals surface area contributed by atoms with Gasteiger partial charge in [0.1, 0.15) is 0 Å². The third-order valence-corrected chi connectivity index (χ3v) is 1.23. The molecule has 4 nitrogen and oxygen atoms in total. The lowest BCUT2D eigenvalue weighted by Crippen LogP contribution is -2.30. The van der Waals surface area contributed by atoms with Crippen molar-refractivity contribution in [2.24, 2.45) is 0 Å². The van der Waals surface area contributed by atoms with Gasteiger partial charge in [-0.1, -0.05) is 13.8 Å². The maximum absolute atomic E-state index is 10.9. The first-order valence-corrected chi connectivity index (χ1v) is 4.30. The zero-order valence-corrected chi connectivity index (χ0v) is 8.02. The van der Waals surface area contributed by atoms with Gasteiger partial charge in [-0.15, -0.1) is 0 Å². The maximum atomic E-state index is 10.9. The number of hydrogen-bond acceptors (Lipinski definition) is 3. The Morgan fingerprint density at radius 1 is 1.50 bits per heavy atom. The first kappa shape index (κ1) is 11.4. The van der Waals surface area contributed by atoms with E-state index in [1.807, 2.05) is 20.8 Å². The second-order valence-electron chi connectivity index (χ2n) is 2.82. The van der Waals surface area contributed by atoms with Crippen LogP contribution >= 0.6 is 0 Å². The molecular formula is C8H18N2O2. The van der Waals surface area contributed by atoms with Crippen LogP contribution in [-0.4, -0.2) is 25.1 Å². The molecule has 12 heavy (non-hydrogen) atoms. The molecule has 0 atom stereocenters. The van der Waals surface area contributed by atoms with Gasteiger partial charge in [-0.2, -0.15) is 0 Å². The van der Waals surface area contributed by atoms with Crippen molar-refractivity contribution in [3.05, 3.63) is 0 Å². The van der Waals surface area contributed by atoms with Gasteiger partial charge in [0.2, 0.25) is 5.91 Å². The average molecular weight is 174 g/mol. The molecule has 0 aliphatic heterocycles. The summed E-state index contributed by atoms with van der Waals surface area (Å²) in [6.45, 7) is 7.10. The van der Waals surface area contributed by atoms with Gasteiger partial charge in [0, 0.05) is 19.0 Å². The lowest BCUT2D eigenvalue weighted by atomic mass is 10.3. The molecule has 0 heterocycles. The summed E-state index contributed by atoms with van der Waals surface area (Å²) in [5.74, 6) is -0.0787. The highest BCUT2D eigenvalue weighted by atomic mass is 16.6. The predicted octanol–water partition coefficient (Wildman–Crippen LogP) is 0.442. The average Bonchev–Trinajstić information content (AvgIpc) is 2.00. The molecule has 0 aliphatic rings. The minimum atomic E-state index is -0.0787. The Kier molecular flexibility index (Phi) is 6.70. The number of carbonyl (C=O) groups excluding carboxylic acids is 1. The number of rotatable bonds is 6. The van der Waals surface area contributed by atoms with E-state index < -0.39 is 0 Å². The molecule has 0 aliphatic carbocycles. The van der Waals surface area contributed by atoms with Crippen LogP contribution in [0.3, 0.4) is 0 Å². The quantitative estimate of drug-likeness (QED) is 0.574. The highest BCUT2D eigenvalue weighted by Crippen LogP contribution is 1.81. The summed E-state index contributed by atoms with van der Waals surface area (Å²) < 4.78 is 0. The fraction of sp³-hybridized carbons (Fsp3) is 0.875. The molecule has 0 aromatic carbocycles. The van der Waals surface area contributed by atoms with Crippen molar-refractivity contribution in [3.63, 3.8) is 0 Å². The van der Waals surface area contributed by atoms with E-state index in [1.54, 1.807) is 0 Å². The third-order valence-electron chi connectivity index (χ3n) is 1.23. The fourth-order valence-corrected chi connectivity index (χ4v) is 0.678. The van der Waals surface area contributed by atoms with Gasteiger partial charge < -0.3 is 5.32 Å². The molecule has 0 unspecified atom stereocenters. The molecule has 72 valence electrons. The summed E-state index contributed by atoms with van der Waals surface area (Å²) in [7, 11) is 0. The van der Waals surface area contributed by atoms with Crippen molar-refractivity contribution in [3.8, 4) is 0 Å². The summed E-state index contributed by atoms with van der Waals surface area (Å²) >= 11 is 0. The normalized spacial score (nSPS) is 10.3. The highest BCUT2D eigenvalue weighted by molar-refractivity contribution is 5.74. The van der Waals surface area contributed by atoms with E-state index in [9.17, 15) is 4.79 Å². The number of carbonyl (C=O) groups is 1. The summed E-state index contributed by atoms with van der Waals surface area (Å²) in [6.07, 6.45) is 0.457. The van der Waals surface area contributed by atoms with Crippen molar-refractivity contribution < 1.29 is 9.63 Å². The van der Waals surface area contributed by atoms with Crippen molar-refractivity contribution in [2.45, 2.75) is 33.2 Å². The van der Waals surface area contributed by atoms with Gasteiger partial charge >= 0.3 is 0 Å². The number of hydrogen-bond donors (Lipinski definition) is 2. The molecule has 0 saturated carbocycles. The van der Waals surface area contributed by atoms with Crippen molar-refractivity contribution in [2.75, 3.05) is 13.2 Å². The van der Waals surface area contributed by atoms with Gasteiger partial charge in [0.25, 0.3) is 0 Å². The lowest BCUT2D eigenvalue weighted by molar-refractivity contribution is -0.133. The monoisotopic (exact) mass is 174 g/mol. The van der Waals surface area contributed by atoms with E-state index >= 15 is 0 Å². The Hall–Kier alpha value is -0.610. The molecule has 2 N–H and O–H groups in total. The Labute approximate surface area is 73.6 Å². The zero-order valence-electron chi connectivity index (χ0n) is 8.02. The first-order chi connectivity index (χ1) is 5.66. The molecular weight excluding hydrogens is 156 g/mol. The van der Waals surface area contributed by atoms with Crippen LogP contribution in [0.5, 0.6) is 0 Å². The van der Waals surface area contributed by atoms with Gasteiger partial charge in [0.05, 0.1) is 6.61 Å². The van der Waals surface area contributed by atoms with Gasteiger partial charge in [-0.25, -0.2) is 5.48 Å². The van der Waals surface area contributed by atoms with Crippen molar-refractivity contribution in [1.29, 1.82) is 0 Å². The van der Waals surface area contributed by atoms with Crippen LogP contribution in [0.1, 0.15) is 27.2 Å². The smallest absolute Gasteiger partial charge is 0.244 e. The van der Waals surface area contributed by atoms with Crippen LogP contribution < -0.4 is 10.8 Å². The van der Waals surface area contributed by atoms with E-state index in [0.717, 1.165) is 0 Å². The van der Waals surface area contributed by atoms with Gasteiger partial charge in [-0.05, 0) is 6.92 Å². The second-order valence-corrected chi connectivity index (χ2v) is 2.82. The number of nitrogens with one attached hydrogen (secondary N) is 2. The standard InChI is InChI=1S/C8H18N2O2/c1-4-12-10-8(11)5-6-9-7(2)3/h7,9H,4-6H2,1-3H3,(H,10,11). The van der Waals surface area contributed by atoms with Crippen LogP contribution in [0.4, 0.5) is 0 Å². The van der Waals surface area contributed by atoms with E-state index in [4.69, 9.17) is 4.84 Å². The van der Waals surface area contributed by atoms with E-state index in [2.05, 4.69) is 10.8 Å². The SMILES string of the molecule is CCONC(=O)CCNC(C)C. The summed E-state index contributed by atoms with van der Waals surface area (Å²) in [6, 6.07) is 0.421. The molecule has 0 aromatic heterocycles. The van der Waals surface area contributed by atoms with Crippen LogP contribution in [0.15, 0.2) is 0 Å². The third kappa shape index (κ3) is 7.50. The Bertz CT molecular complexity index is 126. The van der Waals surface area contributed by atoms with Crippen molar-refractivity contribution >= 4 is 5.91 Å². The minimum Gasteiger partial charge on any atom is -0.314 e. The Morgan fingerprint density at radius 2 is 2.17 bits per heavy atom. The number of amides is 1. The molecule has 4 heteroatoms.